The third-order valence-electron chi connectivity index (χ3n) is 3.36. The molecule has 2 aromatic carbocycles. The Morgan fingerprint density at radius 1 is 1.05 bits per heavy atom. The summed E-state index contributed by atoms with van der Waals surface area (Å²) in [6, 6.07) is 15.8. The quantitative estimate of drug-likeness (QED) is 0.890. The first-order valence-electron chi connectivity index (χ1n) is 6.66. The summed E-state index contributed by atoms with van der Waals surface area (Å²) in [7, 11) is -0.0462. The van der Waals surface area contributed by atoms with Crippen LogP contribution in [0, 0.1) is 0 Å². The monoisotopic (exact) mass is 305 g/mol. The molecule has 4 nitrogen and oxygen atoms in total. The van der Waals surface area contributed by atoms with Gasteiger partial charge in [-0.2, -0.15) is 0 Å². The van der Waals surface area contributed by atoms with E-state index < -0.39 is 9.84 Å². The molecule has 2 rings (SSSR count). The lowest BCUT2D eigenvalue weighted by Crippen LogP contribution is -2.25. The van der Waals surface area contributed by atoms with Crippen LogP contribution in [0.3, 0.4) is 0 Å². The Morgan fingerprint density at radius 3 is 2.19 bits per heavy atom. The minimum Gasteiger partial charge on any atom is -0.497 e. The zero-order valence-corrected chi connectivity index (χ0v) is 12.9. The minimum atomic E-state index is -3.36. The summed E-state index contributed by atoms with van der Waals surface area (Å²) < 4.78 is 30.0. The number of nitrogens with one attached hydrogen (secondary N) is 1. The Bertz CT molecular complexity index is 666. The number of rotatable bonds is 6. The van der Waals surface area contributed by atoms with Gasteiger partial charge < -0.3 is 10.1 Å². The van der Waals surface area contributed by atoms with Crippen molar-refractivity contribution in [2.75, 3.05) is 19.9 Å². The molecule has 0 aromatic heterocycles. The molecule has 0 bridgehead atoms. The molecule has 112 valence electrons. The van der Waals surface area contributed by atoms with Gasteiger partial charge >= 0.3 is 0 Å². The Balaban J connectivity index is 2.22. The predicted molar refractivity (Wildman–Crippen MR) is 83.3 cm³/mol. The van der Waals surface area contributed by atoms with Crippen LogP contribution in [-0.2, 0) is 9.84 Å². The molecule has 0 saturated heterocycles. The van der Waals surface area contributed by atoms with Gasteiger partial charge in [0, 0.05) is 6.04 Å². The number of hydrogen-bond acceptors (Lipinski definition) is 4. The molecule has 0 aliphatic rings. The molecular weight excluding hydrogens is 286 g/mol. The normalized spacial score (nSPS) is 12.9. The molecule has 0 aliphatic carbocycles. The van der Waals surface area contributed by atoms with E-state index in [0.29, 0.717) is 10.6 Å². The Hall–Kier alpha value is -1.85. The number of ether oxygens (including phenoxy) is 1. The lowest BCUT2D eigenvalue weighted by atomic mass is 10.1. The van der Waals surface area contributed by atoms with Crippen LogP contribution in [0.25, 0.3) is 0 Å². The van der Waals surface area contributed by atoms with E-state index in [9.17, 15) is 8.42 Å². The fraction of sp³-hybridized carbons (Fsp3) is 0.250. The molecule has 0 spiro atoms. The molecule has 1 N–H and O–H groups in total. The van der Waals surface area contributed by atoms with Crippen molar-refractivity contribution in [3.63, 3.8) is 0 Å². The minimum absolute atomic E-state index is 0.0137. The SMILES string of the molecule is CNC(CS(=O)(=O)c1ccc(OC)cc1)c1ccccc1. The average Bonchev–Trinajstić information content (AvgIpc) is 2.53. The van der Waals surface area contributed by atoms with E-state index in [4.69, 9.17) is 4.74 Å². The first-order chi connectivity index (χ1) is 10.1. The number of hydrogen-bond donors (Lipinski definition) is 1. The largest absolute Gasteiger partial charge is 0.497 e. The third kappa shape index (κ3) is 3.83. The zero-order valence-electron chi connectivity index (χ0n) is 12.1. The molecule has 0 amide bonds. The highest BCUT2D eigenvalue weighted by Crippen LogP contribution is 2.21. The Morgan fingerprint density at radius 2 is 1.67 bits per heavy atom. The summed E-state index contributed by atoms with van der Waals surface area (Å²) in [5.41, 5.74) is 0.956. The highest BCUT2D eigenvalue weighted by atomic mass is 32.2. The van der Waals surface area contributed by atoms with E-state index in [1.54, 1.807) is 38.4 Å². The van der Waals surface area contributed by atoms with Gasteiger partial charge in [0.25, 0.3) is 0 Å². The van der Waals surface area contributed by atoms with Crippen molar-refractivity contribution in [1.29, 1.82) is 0 Å². The molecule has 0 radical (unpaired) electrons. The second-order valence-corrected chi connectivity index (χ2v) is 6.74. The van der Waals surface area contributed by atoms with E-state index >= 15 is 0 Å². The predicted octanol–water partition coefficient (Wildman–Crippen LogP) is 2.43. The number of benzene rings is 2. The molecule has 5 heteroatoms. The lowest BCUT2D eigenvalue weighted by molar-refractivity contribution is 0.414. The van der Waals surface area contributed by atoms with E-state index in [2.05, 4.69) is 5.32 Å². The number of sulfone groups is 1. The van der Waals surface area contributed by atoms with Gasteiger partial charge in [0.2, 0.25) is 0 Å². The highest BCUT2D eigenvalue weighted by Gasteiger charge is 2.21. The van der Waals surface area contributed by atoms with Gasteiger partial charge in [0.05, 0.1) is 17.8 Å². The fourth-order valence-electron chi connectivity index (χ4n) is 2.13. The van der Waals surface area contributed by atoms with E-state index in [1.807, 2.05) is 30.3 Å². The van der Waals surface area contributed by atoms with Gasteiger partial charge in [-0.15, -0.1) is 0 Å². The summed E-state index contributed by atoms with van der Waals surface area (Å²) in [5, 5.41) is 3.06. The summed E-state index contributed by atoms with van der Waals surface area (Å²) in [6.45, 7) is 0. The smallest absolute Gasteiger partial charge is 0.180 e. The Kier molecular flexibility index (Phi) is 4.98. The van der Waals surface area contributed by atoms with Crippen LogP contribution in [-0.4, -0.2) is 28.3 Å². The van der Waals surface area contributed by atoms with Crippen molar-refractivity contribution < 1.29 is 13.2 Å². The molecule has 0 aliphatic heterocycles. The maximum absolute atomic E-state index is 12.5. The molecule has 0 heterocycles. The van der Waals surface area contributed by atoms with Crippen LogP contribution < -0.4 is 10.1 Å². The summed E-state index contributed by atoms with van der Waals surface area (Å²) in [4.78, 5) is 0.305. The van der Waals surface area contributed by atoms with Crippen molar-refractivity contribution >= 4 is 9.84 Å². The van der Waals surface area contributed by atoms with Crippen molar-refractivity contribution in [2.45, 2.75) is 10.9 Å². The molecular formula is C16H19NO3S. The second-order valence-electron chi connectivity index (χ2n) is 4.71. The van der Waals surface area contributed by atoms with Crippen LogP contribution in [0.5, 0.6) is 5.75 Å². The summed E-state index contributed by atoms with van der Waals surface area (Å²) in [5.74, 6) is 0.655. The third-order valence-corrected chi connectivity index (χ3v) is 5.12. The standard InChI is InChI=1S/C16H19NO3S/c1-17-16(13-6-4-3-5-7-13)12-21(18,19)15-10-8-14(20-2)9-11-15/h3-11,16-17H,12H2,1-2H3. The Labute approximate surface area is 125 Å². The molecule has 1 unspecified atom stereocenters. The summed E-state index contributed by atoms with van der Waals surface area (Å²) in [6.07, 6.45) is 0. The van der Waals surface area contributed by atoms with Crippen LogP contribution in [0.15, 0.2) is 59.5 Å². The van der Waals surface area contributed by atoms with Gasteiger partial charge in [0.1, 0.15) is 5.75 Å². The van der Waals surface area contributed by atoms with Crippen LogP contribution in [0.1, 0.15) is 11.6 Å². The molecule has 0 saturated carbocycles. The van der Waals surface area contributed by atoms with Crippen molar-refractivity contribution in [3.05, 3.63) is 60.2 Å². The molecule has 0 fully saturated rings. The summed E-state index contributed by atoms with van der Waals surface area (Å²) >= 11 is 0. The van der Waals surface area contributed by atoms with Crippen molar-refractivity contribution in [2.24, 2.45) is 0 Å². The van der Waals surface area contributed by atoms with Crippen LogP contribution in [0.2, 0.25) is 0 Å². The fourth-order valence-corrected chi connectivity index (χ4v) is 3.67. The maximum Gasteiger partial charge on any atom is 0.180 e. The first kappa shape index (κ1) is 15.5. The van der Waals surface area contributed by atoms with Crippen molar-refractivity contribution in [1.82, 2.24) is 5.32 Å². The molecule has 1 atom stereocenters. The van der Waals surface area contributed by atoms with E-state index in [1.165, 1.54) is 0 Å². The van der Waals surface area contributed by atoms with E-state index in [-0.39, 0.29) is 11.8 Å². The average molecular weight is 305 g/mol. The number of methoxy groups -OCH3 is 1. The zero-order chi connectivity index (χ0) is 15.3. The van der Waals surface area contributed by atoms with Crippen LogP contribution >= 0.6 is 0 Å². The van der Waals surface area contributed by atoms with E-state index in [0.717, 1.165) is 5.56 Å². The maximum atomic E-state index is 12.5. The lowest BCUT2D eigenvalue weighted by Gasteiger charge is -2.17. The molecule has 2 aromatic rings. The highest BCUT2D eigenvalue weighted by molar-refractivity contribution is 7.91. The second kappa shape index (κ2) is 6.74. The van der Waals surface area contributed by atoms with Gasteiger partial charge in [-0.1, -0.05) is 30.3 Å². The van der Waals surface area contributed by atoms with Crippen LogP contribution in [0.4, 0.5) is 0 Å². The van der Waals surface area contributed by atoms with Gasteiger partial charge in [-0.05, 0) is 36.9 Å². The van der Waals surface area contributed by atoms with Crippen molar-refractivity contribution in [3.8, 4) is 5.75 Å². The topological polar surface area (TPSA) is 55.4 Å². The first-order valence-corrected chi connectivity index (χ1v) is 8.31. The van der Waals surface area contributed by atoms with Gasteiger partial charge in [-0.3, -0.25) is 0 Å². The van der Waals surface area contributed by atoms with Gasteiger partial charge in [0.15, 0.2) is 9.84 Å². The molecule has 21 heavy (non-hydrogen) atoms. The van der Waals surface area contributed by atoms with Gasteiger partial charge in [-0.25, -0.2) is 8.42 Å².